The van der Waals surface area contributed by atoms with Gasteiger partial charge in [-0.3, -0.25) is 19.5 Å². The number of amides is 1. The number of piperidine rings is 1. The highest BCUT2D eigenvalue weighted by Crippen LogP contribution is 2.22. The summed E-state index contributed by atoms with van der Waals surface area (Å²) in [6.07, 6.45) is 4.13. The molecule has 0 aliphatic carbocycles. The lowest BCUT2D eigenvalue weighted by Crippen LogP contribution is -2.48. The van der Waals surface area contributed by atoms with Crippen molar-refractivity contribution in [1.82, 2.24) is 15.2 Å². The van der Waals surface area contributed by atoms with Crippen molar-refractivity contribution < 1.29 is 14.7 Å². The van der Waals surface area contributed by atoms with Crippen LogP contribution in [0, 0.1) is 11.8 Å². The Balaban J connectivity index is 1.96. The van der Waals surface area contributed by atoms with Gasteiger partial charge in [0.05, 0.1) is 24.1 Å². The van der Waals surface area contributed by atoms with Crippen LogP contribution in [-0.4, -0.2) is 46.5 Å². The fourth-order valence-corrected chi connectivity index (χ4v) is 2.84. The molecule has 1 aromatic rings. The summed E-state index contributed by atoms with van der Waals surface area (Å²) in [6.45, 7) is 6.13. The van der Waals surface area contributed by atoms with Crippen molar-refractivity contribution in [2.24, 2.45) is 11.8 Å². The third-order valence-corrected chi connectivity index (χ3v) is 4.17. The SMILES string of the molecule is CC(C)=CCN1C[C@H](C(=O)O)C[C@H](C(=O)NCc2ccccn2)C1. The summed E-state index contributed by atoms with van der Waals surface area (Å²) in [4.78, 5) is 30.1. The molecular formula is C18H25N3O3. The van der Waals surface area contributed by atoms with Gasteiger partial charge < -0.3 is 10.4 Å². The first-order valence-corrected chi connectivity index (χ1v) is 8.22. The molecule has 6 nitrogen and oxygen atoms in total. The number of hydrogen-bond acceptors (Lipinski definition) is 4. The van der Waals surface area contributed by atoms with Gasteiger partial charge in [0.1, 0.15) is 0 Å². The normalized spacial score (nSPS) is 21.1. The number of aromatic nitrogens is 1. The van der Waals surface area contributed by atoms with Crippen molar-refractivity contribution in [2.75, 3.05) is 19.6 Å². The number of allylic oxidation sites excluding steroid dienone is 1. The van der Waals surface area contributed by atoms with Crippen LogP contribution in [0.25, 0.3) is 0 Å². The second-order valence-electron chi connectivity index (χ2n) is 6.51. The van der Waals surface area contributed by atoms with E-state index in [-0.39, 0.29) is 11.8 Å². The molecule has 24 heavy (non-hydrogen) atoms. The van der Waals surface area contributed by atoms with Crippen LogP contribution in [0.15, 0.2) is 36.0 Å². The summed E-state index contributed by atoms with van der Waals surface area (Å²) in [7, 11) is 0. The molecule has 6 heteroatoms. The Morgan fingerprint density at radius 2 is 2.08 bits per heavy atom. The van der Waals surface area contributed by atoms with Crippen LogP contribution >= 0.6 is 0 Å². The Kier molecular flexibility index (Phi) is 6.49. The number of aliphatic carboxylic acids is 1. The van der Waals surface area contributed by atoms with Gasteiger partial charge in [0, 0.05) is 25.8 Å². The van der Waals surface area contributed by atoms with E-state index in [4.69, 9.17) is 0 Å². The first kappa shape index (κ1) is 18.1. The lowest BCUT2D eigenvalue weighted by molar-refractivity contribution is -0.145. The third-order valence-electron chi connectivity index (χ3n) is 4.17. The number of rotatable bonds is 6. The number of carbonyl (C=O) groups is 2. The van der Waals surface area contributed by atoms with E-state index in [1.165, 1.54) is 5.57 Å². The Hall–Kier alpha value is -2.21. The second kappa shape index (κ2) is 8.59. The molecule has 0 bridgehead atoms. The highest BCUT2D eigenvalue weighted by atomic mass is 16.4. The minimum absolute atomic E-state index is 0.103. The number of pyridine rings is 1. The first-order valence-electron chi connectivity index (χ1n) is 8.22. The molecule has 0 unspecified atom stereocenters. The van der Waals surface area contributed by atoms with Crippen molar-refractivity contribution in [3.05, 3.63) is 41.7 Å². The average molecular weight is 331 g/mol. The zero-order chi connectivity index (χ0) is 17.5. The molecule has 0 saturated carbocycles. The van der Waals surface area contributed by atoms with E-state index in [0.29, 0.717) is 32.6 Å². The van der Waals surface area contributed by atoms with Gasteiger partial charge in [-0.25, -0.2) is 0 Å². The fourth-order valence-electron chi connectivity index (χ4n) is 2.84. The fraction of sp³-hybridized carbons (Fsp3) is 0.500. The summed E-state index contributed by atoms with van der Waals surface area (Å²) in [6, 6.07) is 5.55. The summed E-state index contributed by atoms with van der Waals surface area (Å²) >= 11 is 0. The maximum Gasteiger partial charge on any atom is 0.307 e. The molecule has 1 amide bonds. The number of nitrogens with zero attached hydrogens (tertiary/aromatic N) is 2. The van der Waals surface area contributed by atoms with Gasteiger partial charge in [-0.1, -0.05) is 17.7 Å². The largest absolute Gasteiger partial charge is 0.481 e. The molecule has 0 radical (unpaired) electrons. The number of carboxylic acids is 1. The van der Waals surface area contributed by atoms with Crippen LogP contribution < -0.4 is 5.32 Å². The summed E-state index contributed by atoms with van der Waals surface area (Å²) in [5, 5.41) is 12.2. The molecule has 1 fully saturated rings. The molecule has 1 aliphatic rings. The van der Waals surface area contributed by atoms with E-state index in [1.807, 2.05) is 36.9 Å². The molecule has 1 saturated heterocycles. The Morgan fingerprint density at radius 1 is 1.33 bits per heavy atom. The van der Waals surface area contributed by atoms with Crippen LogP contribution in [0.5, 0.6) is 0 Å². The molecular weight excluding hydrogens is 306 g/mol. The van der Waals surface area contributed by atoms with Crippen molar-refractivity contribution >= 4 is 11.9 Å². The lowest BCUT2D eigenvalue weighted by Gasteiger charge is -2.35. The van der Waals surface area contributed by atoms with E-state index < -0.39 is 11.9 Å². The first-order chi connectivity index (χ1) is 11.5. The topological polar surface area (TPSA) is 82.5 Å². The summed E-state index contributed by atoms with van der Waals surface area (Å²) in [5.74, 6) is -1.75. The van der Waals surface area contributed by atoms with Crippen molar-refractivity contribution in [2.45, 2.75) is 26.8 Å². The smallest absolute Gasteiger partial charge is 0.307 e. The maximum absolute atomic E-state index is 12.4. The molecule has 2 rings (SSSR count). The minimum atomic E-state index is -0.834. The molecule has 0 spiro atoms. The number of carbonyl (C=O) groups excluding carboxylic acids is 1. The molecule has 1 aromatic heterocycles. The van der Waals surface area contributed by atoms with E-state index >= 15 is 0 Å². The van der Waals surface area contributed by atoms with E-state index in [9.17, 15) is 14.7 Å². The van der Waals surface area contributed by atoms with Gasteiger partial charge in [0.25, 0.3) is 0 Å². The van der Waals surface area contributed by atoms with Crippen LogP contribution in [0.1, 0.15) is 26.0 Å². The minimum Gasteiger partial charge on any atom is -0.481 e. The number of hydrogen-bond donors (Lipinski definition) is 2. The quantitative estimate of drug-likeness (QED) is 0.775. The van der Waals surface area contributed by atoms with Crippen molar-refractivity contribution in [1.29, 1.82) is 0 Å². The Bertz CT molecular complexity index is 597. The van der Waals surface area contributed by atoms with Crippen LogP contribution in [0.2, 0.25) is 0 Å². The number of carboxylic acid groups (broad SMARTS) is 1. The van der Waals surface area contributed by atoms with Gasteiger partial charge in [-0.2, -0.15) is 0 Å². The van der Waals surface area contributed by atoms with Crippen LogP contribution in [0.3, 0.4) is 0 Å². The maximum atomic E-state index is 12.4. The predicted molar refractivity (Wildman–Crippen MR) is 91.2 cm³/mol. The van der Waals surface area contributed by atoms with Crippen LogP contribution in [-0.2, 0) is 16.1 Å². The average Bonchev–Trinajstić information content (AvgIpc) is 2.58. The van der Waals surface area contributed by atoms with Gasteiger partial charge >= 0.3 is 5.97 Å². The molecule has 2 heterocycles. The second-order valence-corrected chi connectivity index (χ2v) is 6.51. The highest BCUT2D eigenvalue weighted by Gasteiger charge is 2.34. The van der Waals surface area contributed by atoms with E-state index in [0.717, 1.165) is 5.69 Å². The van der Waals surface area contributed by atoms with E-state index in [1.54, 1.807) is 6.20 Å². The summed E-state index contributed by atoms with van der Waals surface area (Å²) < 4.78 is 0. The zero-order valence-corrected chi connectivity index (χ0v) is 14.2. The molecule has 1 aliphatic heterocycles. The third kappa shape index (κ3) is 5.45. The van der Waals surface area contributed by atoms with Gasteiger partial charge in [-0.05, 0) is 32.4 Å². The summed E-state index contributed by atoms with van der Waals surface area (Å²) in [5.41, 5.74) is 1.97. The molecule has 2 atom stereocenters. The highest BCUT2D eigenvalue weighted by molar-refractivity contribution is 5.80. The number of likely N-dealkylation sites (tertiary alicyclic amines) is 1. The predicted octanol–water partition coefficient (Wildman–Crippen LogP) is 1.69. The molecule has 130 valence electrons. The lowest BCUT2D eigenvalue weighted by atomic mass is 9.88. The van der Waals surface area contributed by atoms with Gasteiger partial charge in [0.15, 0.2) is 0 Å². The van der Waals surface area contributed by atoms with Gasteiger partial charge in [0.2, 0.25) is 5.91 Å². The molecule has 2 N–H and O–H groups in total. The standard InChI is InChI=1S/C18H25N3O3/c1-13(2)6-8-21-11-14(9-15(12-21)18(23)24)17(22)20-10-16-5-3-4-7-19-16/h3-7,14-15H,8-12H2,1-2H3,(H,20,22)(H,23,24)/t14-,15+/m0/s1. The monoisotopic (exact) mass is 331 g/mol. The van der Waals surface area contributed by atoms with E-state index in [2.05, 4.69) is 16.4 Å². The molecule has 0 aromatic carbocycles. The van der Waals surface area contributed by atoms with Crippen molar-refractivity contribution in [3.63, 3.8) is 0 Å². The van der Waals surface area contributed by atoms with Gasteiger partial charge in [-0.15, -0.1) is 0 Å². The Labute approximate surface area is 142 Å². The Morgan fingerprint density at radius 3 is 2.71 bits per heavy atom. The van der Waals surface area contributed by atoms with Crippen molar-refractivity contribution in [3.8, 4) is 0 Å². The zero-order valence-electron chi connectivity index (χ0n) is 14.2. The van der Waals surface area contributed by atoms with Crippen LogP contribution in [0.4, 0.5) is 0 Å². The number of nitrogens with one attached hydrogen (secondary N) is 1.